The number of hydrogen-bond acceptors (Lipinski definition) is 3. The van der Waals surface area contributed by atoms with E-state index in [1.165, 1.54) is 4.31 Å². The molecule has 1 aliphatic carbocycles. The van der Waals surface area contributed by atoms with Crippen LogP contribution in [0.3, 0.4) is 0 Å². The third-order valence-corrected chi connectivity index (χ3v) is 8.70. The second-order valence-corrected chi connectivity index (χ2v) is 11.7. The van der Waals surface area contributed by atoms with Crippen molar-refractivity contribution in [2.24, 2.45) is 5.92 Å². The zero-order chi connectivity index (χ0) is 26.4. The molecule has 37 heavy (non-hydrogen) atoms. The van der Waals surface area contributed by atoms with Gasteiger partial charge >= 0.3 is 0 Å². The van der Waals surface area contributed by atoms with Gasteiger partial charge in [0, 0.05) is 19.1 Å². The Morgan fingerprint density at radius 3 is 2.27 bits per heavy atom. The lowest BCUT2D eigenvalue weighted by Gasteiger charge is -2.33. The first-order valence-electron chi connectivity index (χ1n) is 12.5. The average molecular weight is 527 g/mol. The maximum atomic E-state index is 14.5. The van der Waals surface area contributed by atoms with Gasteiger partial charge in [0.1, 0.15) is 16.5 Å². The molecular formula is C29H32F2N2O3S. The van der Waals surface area contributed by atoms with E-state index < -0.39 is 26.6 Å². The summed E-state index contributed by atoms with van der Waals surface area (Å²) in [5.41, 5.74) is 2.87. The Morgan fingerprint density at radius 1 is 0.919 bits per heavy atom. The summed E-state index contributed by atoms with van der Waals surface area (Å²) in [5.74, 6) is -1.76. The van der Waals surface area contributed by atoms with E-state index in [0.29, 0.717) is 6.42 Å². The fourth-order valence-corrected chi connectivity index (χ4v) is 6.38. The minimum Gasteiger partial charge on any atom is -0.353 e. The summed E-state index contributed by atoms with van der Waals surface area (Å²) in [5, 5.41) is 3.10. The number of rotatable bonds is 9. The average Bonchev–Trinajstić information content (AvgIpc) is 2.88. The van der Waals surface area contributed by atoms with Crippen molar-refractivity contribution in [2.45, 2.75) is 56.5 Å². The van der Waals surface area contributed by atoms with Crippen molar-refractivity contribution in [2.75, 3.05) is 6.54 Å². The molecular weight excluding hydrogens is 494 g/mol. The fraction of sp³-hybridized carbons (Fsp3) is 0.345. The molecule has 0 bridgehead atoms. The minimum atomic E-state index is -4.27. The Balaban J connectivity index is 1.41. The third-order valence-electron chi connectivity index (χ3n) is 6.87. The number of carbonyl (C=O) groups excluding carboxylic acids is 1. The van der Waals surface area contributed by atoms with E-state index in [9.17, 15) is 22.0 Å². The van der Waals surface area contributed by atoms with Crippen LogP contribution in [-0.2, 0) is 27.8 Å². The molecule has 3 aromatic rings. The zero-order valence-electron chi connectivity index (χ0n) is 20.9. The van der Waals surface area contributed by atoms with Gasteiger partial charge in [-0.05, 0) is 67.9 Å². The fourth-order valence-electron chi connectivity index (χ4n) is 4.80. The molecule has 8 heteroatoms. The Labute approximate surface area is 217 Å². The first-order chi connectivity index (χ1) is 17.7. The van der Waals surface area contributed by atoms with Gasteiger partial charge in [0.05, 0.1) is 6.42 Å². The summed E-state index contributed by atoms with van der Waals surface area (Å²) >= 11 is 0. The number of nitrogens with zero attached hydrogens (tertiary/aromatic N) is 1. The van der Waals surface area contributed by atoms with E-state index in [0.717, 1.165) is 60.6 Å². The number of amides is 1. The molecule has 0 saturated heterocycles. The Bertz CT molecular complexity index is 1310. The van der Waals surface area contributed by atoms with Gasteiger partial charge in [0.2, 0.25) is 15.9 Å². The van der Waals surface area contributed by atoms with E-state index in [4.69, 9.17) is 0 Å². The predicted molar refractivity (Wildman–Crippen MR) is 139 cm³/mol. The highest BCUT2D eigenvalue weighted by Crippen LogP contribution is 2.29. The molecule has 0 unspecified atom stereocenters. The molecule has 5 nitrogen and oxygen atoms in total. The van der Waals surface area contributed by atoms with Gasteiger partial charge in [-0.15, -0.1) is 0 Å². The van der Waals surface area contributed by atoms with Crippen molar-refractivity contribution in [1.29, 1.82) is 0 Å². The van der Waals surface area contributed by atoms with Crippen LogP contribution < -0.4 is 5.32 Å². The molecule has 0 aliphatic heterocycles. The molecule has 1 N–H and O–H groups in total. The summed E-state index contributed by atoms with van der Waals surface area (Å²) in [6, 6.07) is 19.5. The molecule has 0 aromatic heterocycles. The maximum absolute atomic E-state index is 14.5. The van der Waals surface area contributed by atoms with Gasteiger partial charge < -0.3 is 5.32 Å². The molecule has 1 fully saturated rings. The molecule has 3 aromatic carbocycles. The molecule has 1 aliphatic rings. The molecule has 0 spiro atoms. The number of hydrogen-bond donors (Lipinski definition) is 1. The lowest BCUT2D eigenvalue weighted by molar-refractivity contribution is -0.121. The topological polar surface area (TPSA) is 66.5 Å². The van der Waals surface area contributed by atoms with E-state index in [1.807, 2.05) is 61.5 Å². The smallest absolute Gasteiger partial charge is 0.246 e. The van der Waals surface area contributed by atoms with Crippen LogP contribution in [0.4, 0.5) is 8.78 Å². The van der Waals surface area contributed by atoms with Gasteiger partial charge in [0.15, 0.2) is 0 Å². The van der Waals surface area contributed by atoms with Crippen molar-refractivity contribution in [1.82, 2.24) is 9.62 Å². The van der Waals surface area contributed by atoms with Gasteiger partial charge in [0.25, 0.3) is 0 Å². The number of halogens is 2. The van der Waals surface area contributed by atoms with Crippen LogP contribution in [0.15, 0.2) is 77.7 Å². The van der Waals surface area contributed by atoms with Crippen LogP contribution in [0.2, 0.25) is 0 Å². The van der Waals surface area contributed by atoms with E-state index in [2.05, 4.69) is 5.32 Å². The lowest BCUT2D eigenvalue weighted by Crippen LogP contribution is -2.41. The monoisotopic (exact) mass is 526 g/mol. The number of nitrogens with one attached hydrogen (secondary N) is 1. The quantitative estimate of drug-likeness (QED) is 0.407. The van der Waals surface area contributed by atoms with Crippen molar-refractivity contribution < 1.29 is 22.0 Å². The molecule has 0 radical (unpaired) electrons. The number of aryl methyl sites for hydroxylation is 1. The molecule has 4 rings (SSSR count). The molecule has 1 amide bonds. The van der Waals surface area contributed by atoms with E-state index >= 15 is 0 Å². The van der Waals surface area contributed by atoms with Crippen molar-refractivity contribution in [3.8, 4) is 0 Å². The maximum Gasteiger partial charge on any atom is 0.246 e. The van der Waals surface area contributed by atoms with Crippen LogP contribution >= 0.6 is 0 Å². The number of sulfonamides is 1. The van der Waals surface area contributed by atoms with Gasteiger partial charge in [-0.25, -0.2) is 17.2 Å². The Morgan fingerprint density at radius 2 is 1.59 bits per heavy atom. The van der Waals surface area contributed by atoms with Crippen LogP contribution in [0.25, 0.3) is 0 Å². The van der Waals surface area contributed by atoms with Crippen LogP contribution in [0.1, 0.15) is 42.4 Å². The summed E-state index contributed by atoms with van der Waals surface area (Å²) in [4.78, 5) is 11.9. The Kier molecular flexibility index (Phi) is 8.71. The van der Waals surface area contributed by atoms with Gasteiger partial charge in [-0.2, -0.15) is 4.31 Å². The van der Waals surface area contributed by atoms with Gasteiger partial charge in [-0.3, -0.25) is 4.79 Å². The summed E-state index contributed by atoms with van der Waals surface area (Å²) < 4.78 is 56.5. The highest BCUT2D eigenvalue weighted by atomic mass is 32.2. The van der Waals surface area contributed by atoms with Crippen LogP contribution in [0, 0.1) is 24.5 Å². The summed E-state index contributed by atoms with van der Waals surface area (Å²) in [6.07, 6.45) is 3.24. The van der Waals surface area contributed by atoms with Crippen molar-refractivity contribution in [3.63, 3.8) is 0 Å². The molecule has 196 valence electrons. The lowest BCUT2D eigenvalue weighted by atomic mass is 9.86. The van der Waals surface area contributed by atoms with E-state index in [-0.39, 0.29) is 31.0 Å². The molecule has 0 atom stereocenters. The normalized spacial score (nSPS) is 18.1. The van der Waals surface area contributed by atoms with E-state index in [1.54, 1.807) is 0 Å². The number of carbonyl (C=O) groups is 1. The predicted octanol–water partition coefficient (Wildman–Crippen LogP) is 5.38. The highest BCUT2D eigenvalue weighted by Gasteiger charge is 2.32. The van der Waals surface area contributed by atoms with Crippen molar-refractivity contribution in [3.05, 3.63) is 101 Å². The largest absolute Gasteiger partial charge is 0.353 e. The first kappa shape index (κ1) is 26.9. The van der Waals surface area contributed by atoms with Crippen LogP contribution in [0.5, 0.6) is 0 Å². The van der Waals surface area contributed by atoms with Gasteiger partial charge in [-0.1, -0.05) is 60.2 Å². The molecule has 1 saturated carbocycles. The van der Waals surface area contributed by atoms with Crippen molar-refractivity contribution >= 4 is 15.9 Å². The second-order valence-electron chi connectivity index (χ2n) is 9.81. The number of benzene rings is 3. The molecule has 0 heterocycles. The summed E-state index contributed by atoms with van der Waals surface area (Å²) in [7, 11) is -4.27. The third kappa shape index (κ3) is 7.23. The second kappa shape index (κ2) is 12.0. The standard InChI is InChI=1S/C29H32F2N2O3S/c1-21-7-9-22(10-8-21)17-29(34)32-26-14-11-24(12-15-26)20-33(19-23-5-3-2-4-6-23)37(35,36)28-18-25(30)13-16-27(28)31/h2-10,13,16,18,24,26H,11-12,14-15,17,19-20H2,1H3,(H,32,34). The highest BCUT2D eigenvalue weighted by molar-refractivity contribution is 7.89. The first-order valence-corrected chi connectivity index (χ1v) is 14.0. The summed E-state index contributed by atoms with van der Waals surface area (Å²) in [6.45, 7) is 2.26. The minimum absolute atomic E-state index is 0.0258. The Hall–Kier alpha value is -3.10. The van der Waals surface area contributed by atoms with Crippen LogP contribution in [-0.4, -0.2) is 31.2 Å². The zero-order valence-corrected chi connectivity index (χ0v) is 21.7. The SMILES string of the molecule is Cc1ccc(CC(=O)NC2CCC(CN(Cc3ccccc3)S(=O)(=O)c3cc(F)ccc3F)CC2)cc1.